The van der Waals surface area contributed by atoms with Gasteiger partial charge in [0.05, 0.1) is 7.11 Å². The fourth-order valence-corrected chi connectivity index (χ4v) is 2.95. The van der Waals surface area contributed by atoms with E-state index in [4.69, 9.17) is 16.3 Å². The number of rotatable bonds is 5. The Morgan fingerprint density at radius 3 is 2.88 bits per heavy atom. The van der Waals surface area contributed by atoms with E-state index in [1.807, 2.05) is 48.5 Å². The van der Waals surface area contributed by atoms with E-state index in [-0.39, 0.29) is 18.0 Å². The van der Waals surface area contributed by atoms with Crippen molar-refractivity contribution in [2.45, 2.75) is 25.0 Å². The minimum Gasteiger partial charge on any atom is -0.497 e. The lowest BCUT2D eigenvalue weighted by molar-refractivity contribution is -0.123. The third-order valence-electron chi connectivity index (χ3n) is 4.13. The number of ether oxygens (including phenoxy) is 1. The van der Waals surface area contributed by atoms with E-state index in [2.05, 4.69) is 16.2 Å². The molecule has 1 amide bonds. The molecule has 1 heterocycles. The molecule has 1 aliphatic heterocycles. The summed E-state index contributed by atoms with van der Waals surface area (Å²) in [4.78, 5) is 12.3. The van der Waals surface area contributed by atoms with Crippen LogP contribution in [-0.2, 0) is 11.3 Å². The molecule has 0 spiro atoms. The zero-order valence-electron chi connectivity index (χ0n) is 13.4. The van der Waals surface area contributed by atoms with Gasteiger partial charge in [0.25, 0.3) is 0 Å². The van der Waals surface area contributed by atoms with Crippen molar-refractivity contribution in [1.29, 1.82) is 0 Å². The second-order valence-electron chi connectivity index (χ2n) is 5.72. The van der Waals surface area contributed by atoms with Gasteiger partial charge < -0.3 is 10.1 Å². The van der Waals surface area contributed by atoms with Gasteiger partial charge in [0.2, 0.25) is 5.91 Å². The molecule has 0 aromatic heterocycles. The van der Waals surface area contributed by atoms with Gasteiger partial charge in [-0.1, -0.05) is 41.9 Å². The van der Waals surface area contributed by atoms with Crippen LogP contribution in [0, 0.1) is 0 Å². The van der Waals surface area contributed by atoms with Crippen LogP contribution in [0.1, 0.15) is 23.6 Å². The van der Waals surface area contributed by atoms with E-state index in [1.54, 1.807) is 7.11 Å². The van der Waals surface area contributed by atoms with Crippen LogP contribution in [0.4, 0.5) is 0 Å². The molecule has 3 N–H and O–H groups in total. The number of carbonyl (C=O) groups is 1. The van der Waals surface area contributed by atoms with E-state index in [9.17, 15) is 4.79 Å². The third-order valence-corrected chi connectivity index (χ3v) is 4.50. The maximum Gasteiger partial charge on any atom is 0.238 e. The predicted octanol–water partition coefficient (Wildman–Crippen LogP) is 2.57. The average Bonchev–Trinajstić information content (AvgIpc) is 3.11. The molecule has 2 unspecified atom stereocenters. The zero-order valence-corrected chi connectivity index (χ0v) is 14.1. The Morgan fingerprint density at radius 2 is 2.08 bits per heavy atom. The standard InChI is InChI=1S/C18H20ClN3O2/c1-24-14-7-4-6-12(9-14)16-10-17(22-21-16)18(23)20-11-13-5-2-3-8-15(13)19/h2-9,16-17,21-22H,10-11H2,1H3,(H,20,23). The fraction of sp³-hybridized carbons (Fsp3) is 0.278. The molecule has 1 saturated heterocycles. The average molecular weight is 346 g/mol. The normalized spacial score (nSPS) is 19.9. The highest BCUT2D eigenvalue weighted by Gasteiger charge is 2.30. The molecule has 6 heteroatoms. The predicted molar refractivity (Wildman–Crippen MR) is 93.7 cm³/mol. The minimum atomic E-state index is -0.288. The zero-order chi connectivity index (χ0) is 16.9. The molecule has 0 bridgehead atoms. The molecule has 0 radical (unpaired) electrons. The van der Waals surface area contributed by atoms with Crippen molar-refractivity contribution < 1.29 is 9.53 Å². The lowest BCUT2D eigenvalue weighted by atomic mass is 10.0. The molecule has 1 fully saturated rings. The van der Waals surface area contributed by atoms with Gasteiger partial charge in [-0.2, -0.15) is 0 Å². The smallest absolute Gasteiger partial charge is 0.238 e. The first-order chi connectivity index (χ1) is 11.7. The van der Waals surface area contributed by atoms with Crippen molar-refractivity contribution in [2.75, 3.05) is 7.11 Å². The largest absolute Gasteiger partial charge is 0.497 e. The number of hydrogen-bond acceptors (Lipinski definition) is 4. The number of halogens is 1. The lowest BCUT2D eigenvalue weighted by Crippen LogP contribution is -2.42. The van der Waals surface area contributed by atoms with E-state index < -0.39 is 0 Å². The van der Waals surface area contributed by atoms with Gasteiger partial charge in [0.15, 0.2) is 0 Å². The van der Waals surface area contributed by atoms with Crippen LogP contribution < -0.4 is 20.9 Å². The third kappa shape index (κ3) is 3.87. The molecule has 0 saturated carbocycles. The van der Waals surface area contributed by atoms with Crippen LogP contribution in [0.15, 0.2) is 48.5 Å². The molecule has 2 aromatic carbocycles. The number of hydrogen-bond donors (Lipinski definition) is 3. The first-order valence-corrected chi connectivity index (χ1v) is 8.21. The van der Waals surface area contributed by atoms with Gasteiger partial charge in [-0.25, -0.2) is 10.9 Å². The quantitative estimate of drug-likeness (QED) is 0.779. The van der Waals surface area contributed by atoms with Crippen molar-refractivity contribution in [3.05, 3.63) is 64.7 Å². The van der Waals surface area contributed by atoms with Gasteiger partial charge in [0.1, 0.15) is 11.8 Å². The summed E-state index contributed by atoms with van der Waals surface area (Å²) in [6.07, 6.45) is 0.668. The number of nitrogens with one attached hydrogen (secondary N) is 3. The van der Waals surface area contributed by atoms with E-state index in [0.29, 0.717) is 18.0 Å². The van der Waals surface area contributed by atoms with E-state index in [1.165, 1.54) is 0 Å². The van der Waals surface area contributed by atoms with E-state index in [0.717, 1.165) is 16.9 Å². The summed E-state index contributed by atoms with van der Waals surface area (Å²) in [6, 6.07) is 15.1. The Kier molecular flexibility index (Phi) is 5.35. The van der Waals surface area contributed by atoms with Crippen LogP contribution in [0.25, 0.3) is 0 Å². The molecule has 5 nitrogen and oxygen atoms in total. The van der Waals surface area contributed by atoms with Crippen molar-refractivity contribution in [2.24, 2.45) is 0 Å². The first kappa shape index (κ1) is 16.8. The van der Waals surface area contributed by atoms with Crippen molar-refractivity contribution >= 4 is 17.5 Å². The number of hydrazine groups is 1. The summed E-state index contributed by atoms with van der Waals surface area (Å²) in [7, 11) is 1.64. The van der Waals surface area contributed by atoms with Crippen molar-refractivity contribution in [3.63, 3.8) is 0 Å². The highest BCUT2D eigenvalue weighted by atomic mass is 35.5. The molecule has 2 atom stereocenters. The highest BCUT2D eigenvalue weighted by molar-refractivity contribution is 6.31. The molecule has 0 aliphatic carbocycles. The Labute approximate surface area is 146 Å². The summed E-state index contributed by atoms with van der Waals surface area (Å²) in [5.41, 5.74) is 8.22. The van der Waals surface area contributed by atoms with Crippen molar-refractivity contribution in [3.8, 4) is 5.75 Å². The van der Waals surface area contributed by atoms with Crippen LogP contribution in [0.2, 0.25) is 5.02 Å². The second-order valence-corrected chi connectivity index (χ2v) is 6.12. The van der Waals surface area contributed by atoms with Crippen LogP contribution in [0.3, 0.4) is 0 Å². The van der Waals surface area contributed by atoms with Gasteiger partial charge in [-0.05, 0) is 35.7 Å². The lowest BCUT2D eigenvalue weighted by Gasteiger charge is -2.12. The monoisotopic (exact) mass is 345 g/mol. The Bertz CT molecular complexity index is 723. The SMILES string of the molecule is COc1cccc(C2CC(C(=O)NCc3ccccc3Cl)NN2)c1. The summed E-state index contributed by atoms with van der Waals surface area (Å²) >= 11 is 6.11. The highest BCUT2D eigenvalue weighted by Crippen LogP contribution is 2.25. The fourth-order valence-electron chi connectivity index (χ4n) is 2.75. The molecule has 1 aliphatic rings. The maximum atomic E-state index is 12.3. The van der Waals surface area contributed by atoms with Crippen molar-refractivity contribution in [1.82, 2.24) is 16.2 Å². The van der Waals surface area contributed by atoms with E-state index >= 15 is 0 Å². The molecule has 2 aromatic rings. The van der Waals surface area contributed by atoms with Crippen LogP contribution in [-0.4, -0.2) is 19.1 Å². The van der Waals surface area contributed by atoms with Gasteiger partial charge in [0, 0.05) is 17.6 Å². The first-order valence-electron chi connectivity index (χ1n) is 7.83. The van der Waals surface area contributed by atoms with Gasteiger partial charge in [-0.15, -0.1) is 0 Å². The molecule has 24 heavy (non-hydrogen) atoms. The minimum absolute atomic E-state index is 0.0483. The second kappa shape index (κ2) is 7.66. The summed E-state index contributed by atoms with van der Waals surface area (Å²) < 4.78 is 5.25. The Morgan fingerprint density at radius 1 is 1.25 bits per heavy atom. The Balaban J connectivity index is 1.57. The van der Waals surface area contributed by atoms with Crippen LogP contribution in [0.5, 0.6) is 5.75 Å². The summed E-state index contributed by atoms with van der Waals surface area (Å²) in [5, 5.41) is 3.58. The topological polar surface area (TPSA) is 62.4 Å². The van der Waals surface area contributed by atoms with Gasteiger partial charge >= 0.3 is 0 Å². The molecular weight excluding hydrogens is 326 g/mol. The number of carbonyl (C=O) groups excluding carboxylic acids is 1. The number of benzene rings is 2. The number of methoxy groups -OCH3 is 1. The summed E-state index contributed by atoms with van der Waals surface area (Å²) in [5.74, 6) is 0.758. The summed E-state index contributed by atoms with van der Waals surface area (Å²) in [6.45, 7) is 0.417. The molecular formula is C18H20ClN3O2. The Hall–Kier alpha value is -2.08. The molecule has 126 valence electrons. The van der Waals surface area contributed by atoms with Crippen LogP contribution >= 0.6 is 11.6 Å². The number of amides is 1. The molecule has 3 rings (SSSR count). The van der Waals surface area contributed by atoms with Gasteiger partial charge in [-0.3, -0.25) is 4.79 Å². The maximum absolute atomic E-state index is 12.3.